The number of aromatic carboxylic acids is 1. The third kappa shape index (κ3) is 8.43. The number of anilines is 1. The van der Waals surface area contributed by atoms with Crippen LogP contribution < -0.4 is 10.1 Å². The SMILES string of the molecule is C[C@H]1CN([C@@H](C)CO)C(=O)c2cc(NC(=O)CCC(F)(F)F)ccc2O[C@H]1CN(C)Cc1ccc(C(=O)O)cc1. The van der Waals surface area contributed by atoms with Crippen molar-refractivity contribution in [2.24, 2.45) is 5.92 Å². The first-order chi connectivity index (χ1) is 18.8. The van der Waals surface area contributed by atoms with Crippen LogP contribution in [0.3, 0.4) is 0 Å². The van der Waals surface area contributed by atoms with Gasteiger partial charge in [-0.2, -0.15) is 13.2 Å². The van der Waals surface area contributed by atoms with E-state index in [1.165, 1.54) is 35.2 Å². The van der Waals surface area contributed by atoms with Crippen LogP contribution >= 0.6 is 0 Å². The van der Waals surface area contributed by atoms with Gasteiger partial charge in [-0.15, -0.1) is 0 Å². The molecule has 12 heteroatoms. The van der Waals surface area contributed by atoms with Gasteiger partial charge in [0.05, 0.1) is 30.2 Å². The lowest BCUT2D eigenvalue weighted by Crippen LogP contribution is -2.49. The zero-order valence-electron chi connectivity index (χ0n) is 22.6. The predicted molar refractivity (Wildman–Crippen MR) is 141 cm³/mol. The average Bonchev–Trinajstić information content (AvgIpc) is 2.89. The number of benzene rings is 2. The van der Waals surface area contributed by atoms with Crippen molar-refractivity contribution in [1.29, 1.82) is 0 Å². The number of carboxylic acids is 1. The maximum Gasteiger partial charge on any atom is 0.389 e. The van der Waals surface area contributed by atoms with Crippen molar-refractivity contribution in [2.75, 3.05) is 32.1 Å². The van der Waals surface area contributed by atoms with Crippen LogP contribution in [-0.2, 0) is 11.3 Å². The number of alkyl halides is 3. The fourth-order valence-electron chi connectivity index (χ4n) is 4.43. The molecule has 1 aliphatic heterocycles. The highest BCUT2D eigenvalue weighted by Crippen LogP contribution is 2.31. The Hall–Kier alpha value is -3.64. The Balaban J connectivity index is 1.82. The highest BCUT2D eigenvalue weighted by molar-refractivity contribution is 6.00. The quantitative estimate of drug-likeness (QED) is 0.398. The number of ether oxygens (including phenoxy) is 1. The van der Waals surface area contributed by atoms with Crippen molar-refractivity contribution in [3.05, 3.63) is 59.2 Å². The molecule has 0 unspecified atom stereocenters. The Kier molecular flexibility index (Phi) is 10.2. The van der Waals surface area contributed by atoms with E-state index in [-0.39, 0.29) is 41.6 Å². The molecule has 2 aromatic rings. The van der Waals surface area contributed by atoms with Crippen LogP contribution in [-0.4, -0.2) is 82.9 Å². The zero-order chi connectivity index (χ0) is 29.6. The summed E-state index contributed by atoms with van der Waals surface area (Å²) in [6.07, 6.45) is -6.86. The standard InChI is InChI=1S/C28H34F3N3O6/c1-17-13-34(18(2)16-35)26(37)22-12-21(32-25(36)10-11-28(29,30)31)8-9-23(22)40-24(17)15-33(3)14-19-4-6-20(7-5-19)27(38)39/h4-9,12,17-18,24,35H,10-11,13-16H2,1-3H3,(H,32,36)(H,38,39)/t17-,18-,24-/m0/s1. The predicted octanol–water partition coefficient (Wildman–Crippen LogP) is 4.02. The van der Waals surface area contributed by atoms with Gasteiger partial charge in [-0.25, -0.2) is 4.79 Å². The van der Waals surface area contributed by atoms with E-state index >= 15 is 0 Å². The van der Waals surface area contributed by atoms with Gasteiger partial charge < -0.3 is 25.2 Å². The fraction of sp³-hybridized carbons (Fsp3) is 0.464. The number of rotatable bonds is 10. The molecule has 0 bridgehead atoms. The Bertz CT molecular complexity index is 1200. The van der Waals surface area contributed by atoms with Gasteiger partial charge >= 0.3 is 12.1 Å². The second-order valence-corrected chi connectivity index (χ2v) is 10.2. The Morgan fingerprint density at radius 1 is 1.20 bits per heavy atom. The summed E-state index contributed by atoms with van der Waals surface area (Å²) in [6.45, 7) is 4.60. The summed E-state index contributed by atoms with van der Waals surface area (Å²) in [5.74, 6) is -2.16. The van der Waals surface area contributed by atoms with Crippen LogP contribution in [0.4, 0.5) is 18.9 Å². The molecule has 0 fully saturated rings. The molecule has 0 saturated heterocycles. The largest absolute Gasteiger partial charge is 0.488 e. The van der Waals surface area contributed by atoms with Gasteiger partial charge in [-0.3, -0.25) is 14.5 Å². The van der Waals surface area contributed by atoms with Crippen LogP contribution in [0.1, 0.15) is 53.0 Å². The number of hydrogen-bond donors (Lipinski definition) is 3. The second-order valence-electron chi connectivity index (χ2n) is 10.2. The molecule has 2 amide bonds. The van der Waals surface area contributed by atoms with E-state index in [0.717, 1.165) is 5.56 Å². The van der Waals surface area contributed by atoms with Crippen LogP contribution in [0.5, 0.6) is 5.75 Å². The molecule has 3 rings (SSSR count). The van der Waals surface area contributed by atoms with Crippen LogP contribution in [0, 0.1) is 5.92 Å². The molecule has 0 aliphatic carbocycles. The summed E-state index contributed by atoms with van der Waals surface area (Å²) in [5, 5.41) is 21.3. The highest BCUT2D eigenvalue weighted by Gasteiger charge is 2.34. The number of aliphatic hydroxyl groups is 1. The average molecular weight is 566 g/mol. The molecule has 218 valence electrons. The van der Waals surface area contributed by atoms with Crippen molar-refractivity contribution in [3.8, 4) is 5.75 Å². The number of nitrogens with one attached hydrogen (secondary N) is 1. The monoisotopic (exact) mass is 565 g/mol. The minimum absolute atomic E-state index is 0.123. The third-order valence-corrected chi connectivity index (χ3v) is 6.73. The molecule has 3 atom stereocenters. The molecule has 40 heavy (non-hydrogen) atoms. The van der Waals surface area contributed by atoms with Crippen molar-refractivity contribution >= 4 is 23.5 Å². The summed E-state index contributed by atoms with van der Waals surface area (Å²) in [5.41, 5.74) is 1.38. The van der Waals surface area contributed by atoms with Gasteiger partial charge in [-0.05, 0) is 49.9 Å². The molecule has 1 aliphatic rings. The van der Waals surface area contributed by atoms with Crippen LogP contribution in [0.25, 0.3) is 0 Å². The molecule has 0 aromatic heterocycles. The maximum absolute atomic E-state index is 13.5. The van der Waals surface area contributed by atoms with E-state index in [0.29, 0.717) is 13.1 Å². The Morgan fingerprint density at radius 3 is 2.48 bits per heavy atom. The van der Waals surface area contributed by atoms with Crippen molar-refractivity contribution in [1.82, 2.24) is 9.80 Å². The Morgan fingerprint density at radius 2 is 1.88 bits per heavy atom. The van der Waals surface area contributed by atoms with Gasteiger partial charge in [0.15, 0.2) is 0 Å². The summed E-state index contributed by atoms with van der Waals surface area (Å²) < 4.78 is 43.8. The van der Waals surface area contributed by atoms with E-state index in [4.69, 9.17) is 9.84 Å². The minimum atomic E-state index is -4.46. The number of carbonyl (C=O) groups excluding carboxylic acids is 2. The molecule has 3 N–H and O–H groups in total. The molecule has 9 nitrogen and oxygen atoms in total. The smallest absolute Gasteiger partial charge is 0.389 e. The van der Waals surface area contributed by atoms with Crippen molar-refractivity contribution in [2.45, 2.75) is 51.6 Å². The number of likely N-dealkylation sites (N-methyl/N-ethyl adjacent to an activating group) is 1. The topological polar surface area (TPSA) is 119 Å². The normalized spacial score (nSPS) is 18.4. The van der Waals surface area contributed by atoms with Crippen LogP contribution in [0.15, 0.2) is 42.5 Å². The van der Waals surface area contributed by atoms with E-state index in [1.807, 2.05) is 18.9 Å². The molecule has 0 saturated carbocycles. The first-order valence-corrected chi connectivity index (χ1v) is 12.9. The summed E-state index contributed by atoms with van der Waals surface area (Å²) >= 11 is 0. The summed E-state index contributed by atoms with van der Waals surface area (Å²) in [7, 11) is 1.89. The maximum atomic E-state index is 13.5. The lowest BCUT2D eigenvalue weighted by Gasteiger charge is -2.38. The number of halogens is 3. The van der Waals surface area contributed by atoms with Gasteiger partial charge in [0.2, 0.25) is 5.91 Å². The number of nitrogens with zero attached hydrogens (tertiary/aromatic N) is 2. The lowest BCUT2D eigenvalue weighted by molar-refractivity contribution is -0.142. The lowest BCUT2D eigenvalue weighted by atomic mass is 9.99. The number of hydrogen-bond acceptors (Lipinski definition) is 6. The van der Waals surface area contributed by atoms with E-state index < -0.39 is 48.9 Å². The van der Waals surface area contributed by atoms with E-state index in [9.17, 15) is 32.7 Å². The molecular formula is C28H34F3N3O6. The molecule has 0 radical (unpaired) electrons. The first kappa shape index (κ1) is 30.9. The number of fused-ring (bicyclic) bond motifs is 1. The van der Waals surface area contributed by atoms with E-state index in [1.54, 1.807) is 19.1 Å². The molecule has 2 aromatic carbocycles. The van der Waals surface area contributed by atoms with Crippen molar-refractivity contribution in [3.63, 3.8) is 0 Å². The summed E-state index contributed by atoms with van der Waals surface area (Å²) in [4.78, 5) is 40.2. The molecular weight excluding hydrogens is 531 g/mol. The van der Waals surface area contributed by atoms with Gasteiger partial charge in [0.1, 0.15) is 11.9 Å². The molecule has 0 spiro atoms. The van der Waals surface area contributed by atoms with Gasteiger partial charge in [0.25, 0.3) is 5.91 Å². The van der Waals surface area contributed by atoms with Crippen molar-refractivity contribution < 1.29 is 42.5 Å². The van der Waals surface area contributed by atoms with Gasteiger partial charge in [0, 0.05) is 37.7 Å². The highest BCUT2D eigenvalue weighted by atomic mass is 19.4. The second kappa shape index (κ2) is 13.1. The van der Waals surface area contributed by atoms with Crippen LogP contribution in [0.2, 0.25) is 0 Å². The van der Waals surface area contributed by atoms with E-state index in [2.05, 4.69) is 5.32 Å². The number of amides is 2. The minimum Gasteiger partial charge on any atom is -0.488 e. The number of carboxylic acid groups (broad SMARTS) is 1. The zero-order valence-corrected chi connectivity index (χ0v) is 22.6. The number of aliphatic hydroxyl groups excluding tert-OH is 1. The number of carbonyl (C=O) groups is 3. The first-order valence-electron chi connectivity index (χ1n) is 12.9. The summed E-state index contributed by atoms with van der Waals surface area (Å²) in [6, 6.07) is 10.4. The Labute approximate surface area is 230 Å². The third-order valence-electron chi connectivity index (χ3n) is 6.73. The molecule has 1 heterocycles. The fourth-order valence-corrected chi connectivity index (χ4v) is 4.43. The van der Waals surface area contributed by atoms with Gasteiger partial charge in [-0.1, -0.05) is 19.1 Å².